The summed E-state index contributed by atoms with van der Waals surface area (Å²) in [6.07, 6.45) is 7.63. The average Bonchev–Trinajstić information content (AvgIpc) is 2.74. The summed E-state index contributed by atoms with van der Waals surface area (Å²) < 4.78 is 0. The van der Waals surface area contributed by atoms with Gasteiger partial charge in [0, 0.05) is 18.9 Å². The highest BCUT2D eigenvalue weighted by Crippen LogP contribution is 2.44. The number of ketones is 1. The zero-order valence-corrected chi connectivity index (χ0v) is 9.07. The predicted molar refractivity (Wildman–Crippen MR) is 57.0 cm³/mol. The molecule has 0 aliphatic heterocycles. The largest absolute Gasteiger partial charge is 0.309 e. The van der Waals surface area contributed by atoms with E-state index in [2.05, 4.69) is 17.1 Å². The van der Waals surface area contributed by atoms with Crippen LogP contribution in [0.3, 0.4) is 0 Å². The molecule has 2 aliphatic rings. The minimum Gasteiger partial charge on any atom is -0.309 e. The van der Waals surface area contributed by atoms with Crippen molar-refractivity contribution < 1.29 is 4.79 Å². The highest BCUT2D eigenvalue weighted by Gasteiger charge is 2.38. The summed E-state index contributed by atoms with van der Waals surface area (Å²) in [5, 5.41) is 0. The summed E-state index contributed by atoms with van der Waals surface area (Å²) in [5.41, 5.74) is 0. The average molecular weight is 193 g/mol. The van der Waals surface area contributed by atoms with Gasteiger partial charge in [0.25, 0.3) is 0 Å². The first-order chi connectivity index (χ1) is 6.66. The number of allylic oxidation sites excluding steroid dienone is 2. The van der Waals surface area contributed by atoms with Crippen LogP contribution in [-0.2, 0) is 4.79 Å². The number of rotatable bonds is 4. The fourth-order valence-corrected chi connectivity index (χ4v) is 2.67. The van der Waals surface area contributed by atoms with Crippen molar-refractivity contribution in [2.45, 2.75) is 19.3 Å². The van der Waals surface area contributed by atoms with Crippen LogP contribution >= 0.6 is 0 Å². The lowest BCUT2D eigenvalue weighted by atomic mass is 9.88. The lowest BCUT2D eigenvalue weighted by Gasteiger charge is -2.17. The Morgan fingerprint density at radius 3 is 2.64 bits per heavy atom. The molecule has 3 unspecified atom stereocenters. The second-order valence-electron chi connectivity index (χ2n) is 4.91. The molecule has 0 radical (unpaired) electrons. The molecule has 0 N–H and O–H groups in total. The summed E-state index contributed by atoms with van der Waals surface area (Å²) in [6.45, 7) is 0.899. The lowest BCUT2D eigenvalue weighted by molar-refractivity contribution is -0.123. The van der Waals surface area contributed by atoms with Crippen LogP contribution in [0.25, 0.3) is 0 Å². The van der Waals surface area contributed by atoms with Crippen LogP contribution in [0.15, 0.2) is 12.2 Å². The number of fused-ring (bicyclic) bond motifs is 2. The Morgan fingerprint density at radius 2 is 2.14 bits per heavy atom. The lowest BCUT2D eigenvalue weighted by Crippen LogP contribution is -2.23. The Hall–Kier alpha value is -0.630. The molecular weight excluding hydrogens is 174 g/mol. The first-order valence-electron chi connectivity index (χ1n) is 5.52. The van der Waals surface area contributed by atoms with Crippen LogP contribution in [0.1, 0.15) is 19.3 Å². The van der Waals surface area contributed by atoms with Gasteiger partial charge in [0.1, 0.15) is 5.78 Å². The van der Waals surface area contributed by atoms with Crippen molar-refractivity contribution in [3.8, 4) is 0 Å². The fourth-order valence-electron chi connectivity index (χ4n) is 2.67. The second-order valence-corrected chi connectivity index (χ2v) is 4.91. The van der Waals surface area contributed by atoms with Gasteiger partial charge in [-0.1, -0.05) is 12.2 Å². The Bertz CT molecular complexity index is 257. The van der Waals surface area contributed by atoms with E-state index in [0.717, 1.165) is 19.4 Å². The third kappa shape index (κ3) is 1.90. The highest BCUT2D eigenvalue weighted by atomic mass is 16.1. The van der Waals surface area contributed by atoms with Crippen molar-refractivity contribution in [2.24, 2.45) is 17.8 Å². The predicted octanol–water partition coefficient (Wildman–Crippen LogP) is 1.72. The molecule has 2 aliphatic carbocycles. The molecule has 0 amide bonds. The Balaban J connectivity index is 1.84. The van der Waals surface area contributed by atoms with Crippen molar-refractivity contribution in [2.75, 3.05) is 20.6 Å². The quantitative estimate of drug-likeness (QED) is 0.634. The van der Waals surface area contributed by atoms with E-state index in [1.54, 1.807) is 0 Å². The molecule has 2 bridgehead atoms. The van der Waals surface area contributed by atoms with E-state index in [4.69, 9.17) is 0 Å². The zero-order valence-electron chi connectivity index (χ0n) is 9.07. The van der Waals surface area contributed by atoms with Gasteiger partial charge in [-0.25, -0.2) is 0 Å². The van der Waals surface area contributed by atoms with Gasteiger partial charge in [-0.3, -0.25) is 4.79 Å². The molecule has 0 aromatic rings. The van der Waals surface area contributed by atoms with Crippen LogP contribution < -0.4 is 0 Å². The minimum absolute atomic E-state index is 0.352. The van der Waals surface area contributed by atoms with E-state index >= 15 is 0 Å². The van der Waals surface area contributed by atoms with Crippen LogP contribution in [-0.4, -0.2) is 31.3 Å². The second kappa shape index (κ2) is 3.85. The van der Waals surface area contributed by atoms with Crippen LogP contribution in [0.2, 0.25) is 0 Å². The van der Waals surface area contributed by atoms with Gasteiger partial charge in [0.2, 0.25) is 0 Å². The first kappa shape index (κ1) is 9.91. The van der Waals surface area contributed by atoms with Gasteiger partial charge in [0.15, 0.2) is 0 Å². The molecule has 78 valence electrons. The molecule has 0 aromatic carbocycles. The third-order valence-corrected chi connectivity index (χ3v) is 3.50. The Kier molecular flexibility index (Phi) is 2.73. The number of hydrogen-bond donors (Lipinski definition) is 0. The maximum atomic E-state index is 11.9. The van der Waals surface area contributed by atoms with Crippen molar-refractivity contribution in [1.29, 1.82) is 0 Å². The molecule has 0 heterocycles. The molecule has 0 aromatic heterocycles. The molecule has 0 spiro atoms. The van der Waals surface area contributed by atoms with Gasteiger partial charge in [-0.2, -0.15) is 0 Å². The van der Waals surface area contributed by atoms with E-state index in [1.165, 1.54) is 6.42 Å². The smallest absolute Gasteiger partial charge is 0.137 e. The van der Waals surface area contributed by atoms with Crippen LogP contribution in [0.4, 0.5) is 0 Å². The van der Waals surface area contributed by atoms with E-state index in [0.29, 0.717) is 23.5 Å². The molecule has 1 saturated carbocycles. The number of carbonyl (C=O) groups is 1. The fraction of sp³-hybridized carbons (Fsp3) is 0.750. The Labute approximate surface area is 86.0 Å². The minimum atomic E-state index is 0.352. The van der Waals surface area contributed by atoms with Crippen molar-refractivity contribution in [3.05, 3.63) is 12.2 Å². The summed E-state index contributed by atoms with van der Waals surface area (Å²) in [6, 6.07) is 0. The summed E-state index contributed by atoms with van der Waals surface area (Å²) in [4.78, 5) is 14.0. The van der Waals surface area contributed by atoms with Crippen molar-refractivity contribution >= 4 is 5.78 Å². The SMILES string of the molecule is CN(C)CCC(=O)C1CC2C=CC1C2. The monoisotopic (exact) mass is 193 g/mol. The molecule has 2 heteroatoms. The molecule has 3 atom stereocenters. The van der Waals surface area contributed by atoms with Crippen LogP contribution in [0.5, 0.6) is 0 Å². The molecule has 14 heavy (non-hydrogen) atoms. The molecule has 1 fully saturated rings. The zero-order chi connectivity index (χ0) is 10.1. The van der Waals surface area contributed by atoms with E-state index in [1.807, 2.05) is 14.1 Å². The highest BCUT2D eigenvalue weighted by molar-refractivity contribution is 5.82. The van der Waals surface area contributed by atoms with Crippen molar-refractivity contribution in [3.63, 3.8) is 0 Å². The van der Waals surface area contributed by atoms with Crippen molar-refractivity contribution in [1.82, 2.24) is 4.90 Å². The summed E-state index contributed by atoms with van der Waals surface area (Å²) in [7, 11) is 4.04. The van der Waals surface area contributed by atoms with E-state index in [9.17, 15) is 4.79 Å². The number of Topliss-reactive ketones (excluding diaryl/α,β-unsaturated/α-hetero) is 1. The van der Waals surface area contributed by atoms with Gasteiger partial charge in [-0.15, -0.1) is 0 Å². The molecule has 2 rings (SSSR count). The van der Waals surface area contributed by atoms with Crippen LogP contribution in [0, 0.1) is 17.8 Å². The third-order valence-electron chi connectivity index (χ3n) is 3.50. The van der Waals surface area contributed by atoms with Gasteiger partial charge in [0.05, 0.1) is 0 Å². The maximum Gasteiger partial charge on any atom is 0.137 e. The summed E-state index contributed by atoms with van der Waals surface area (Å²) in [5.74, 6) is 2.13. The number of carbonyl (C=O) groups excluding carboxylic acids is 1. The normalized spacial score (nSPS) is 34.4. The van der Waals surface area contributed by atoms with Gasteiger partial charge in [-0.05, 0) is 38.8 Å². The number of nitrogens with zero attached hydrogens (tertiary/aromatic N) is 1. The number of hydrogen-bond acceptors (Lipinski definition) is 2. The molecular formula is C12H19NO. The molecule has 2 nitrogen and oxygen atoms in total. The topological polar surface area (TPSA) is 20.3 Å². The molecule has 0 saturated heterocycles. The van der Waals surface area contributed by atoms with E-state index in [-0.39, 0.29) is 0 Å². The Morgan fingerprint density at radius 1 is 1.36 bits per heavy atom. The van der Waals surface area contributed by atoms with E-state index < -0.39 is 0 Å². The first-order valence-corrected chi connectivity index (χ1v) is 5.52. The van der Waals surface area contributed by atoms with Gasteiger partial charge >= 0.3 is 0 Å². The van der Waals surface area contributed by atoms with Gasteiger partial charge < -0.3 is 4.90 Å². The maximum absolute atomic E-state index is 11.9. The summed E-state index contributed by atoms with van der Waals surface area (Å²) >= 11 is 0. The standard InChI is InChI=1S/C12H19NO/c1-13(2)6-5-12(14)11-8-9-3-4-10(11)7-9/h3-4,9-11H,5-8H2,1-2H3.